The van der Waals surface area contributed by atoms with Crippen LogP contribution in [0.15, 0.2) is 10.5 Å². The molecule has 4 nitrogen and oxygen atoms in total. The summed E-state index contributed by atoms with van der Waals surface area (Å²) in [5, 5.41) is 0. The molecule has 21 heavy (non-hydrogen) atoms. The maximum atomic E-state index is 5.67. The molecule has 0 amide bonds. The van der Waals surface area contributed by atoms with E-state index in [-0.39, 0.29) is 0 Å². The van der Waals surface area contributed by atoms with Gasteiger partial charge in [0, 0.05) is 38.3 Å². The molecule has 1 aromatic rings. The van der Waals surface area contributed by atoms with E-state index in [1.165, 1.54) is 32.4 Å². The van der Waals surface area contributed by atoms with E-state index in [1.54, 1.807) is 0 Å². The molecule has 0 unspecified atom stereocenters. The zero-order valence-electron chi connectivity index (χ0n) is 13.5. The van der Waals surface area contributed by atoms with Crippen molar-refractivity contribution < 1.29 is 4.42 Å². The van der Waals surface area contributed by atoms with Gasteiger partial charge in [0.25, 0.3) is 0 Å². The molecule has 0 bridgehead atoms. The van der Waals surface area contributed by atoms with Gasteiger partial charge >= 0.3 is 0 Å². The van der Waals surface area contributed by atoms with Crippen LogP contribution in [0.25, 0.3) is 0 Å². The van der Waals surface area contributed by atoms with Crippen molar-refractivity contribution in [3.05, 3.63) is 18.1 Å². The molecule has 3 rings (SSSR count). The first-order valence-electron chi connectivity index (χ1n) is 8.44. The predicted molar refractivity (Wildman–Crippen MR) is 85.6 cm³/mol. The smallest absolute Gasteiger partial charge is 0.195 e. The third-order valence-corrected chi connectivity index (χ3v) is 4.80. The van der Waals surface area contributed by atoms with Gasteiger partial charge in [-0.1, -0.05) is 6.42 Å². The molecule has 2 aliphatic rings. The molecule has 0 atom stereocenters. The number of nitrogens with zero attached hydrogens (tertiary/aromatic N) is 3. The molecule has 1 radical (unpaired) electrons. The minimum atomic E-state index is 0.648. The first-order valence-corrected chi connectivity index (χ1v) is 8.44. The Morgan fingerprint density at radius 3 is 2.43 bits per heavy atom. The quantitative estimate of drug-likeness (QED) is 0.850. The Morgan fingerprint density at radius 1 is 1.05 bits per heavy atom. The molecule has 0 saturated carbocycles. The van der Waals surface area contributed by atoms with E-state index < -0.39 is 0 Å². The minimum absolute atomic E-state index is 0.648. The highest BCUT2D eigenvalue weighted by atomic mass is 16.3. The van der Waals surface area contributed by atoms with E-state index in [1.807, 2.05) is 0 Å². The summed E-state index contributed by atoms with van der Waals surface area (Å²) in [5.41, 5.74) is 1.14. The number of likely N-dealkylation sites (tertiary alicyclic amines) is 1. The number of hydrogen-bond donors (Lipinski definition) is 0. The van der Waals surface area contributed by atoms with Gasteiger partial charge in [0.15, 0.2) is 6.26 Å². The van der Waals surface area contributed by atoms with Gasteiger partial charge in [-0.15, -0.1) is 0 Å². The van der Waals surface area contributed by atoms with Crippen LogP contribution in [0.1, 0.15) is 38.9 Å². The van der Waals surface area contributed by atoms with E-state index in [4.69, 9.17) is 4.42 Å². The van der Waals surface area contributed by atoms with Crippen molar-refractivity contribution in [3.63, 3.8) is 0 Å². The summed E-state index contributed by atoms with van der Waals surface area (Å²) >= 11 is 0. The highest BCUT2D eigenvalue weighted by Gasteiger charge is 2.21. The van der Waals surface area contributed by atoms with Crippen molar-refractivity contribution in [2.24, 2.45) is 0 Å². The van der Waals surface area contributed by atoms with Gasteiger partial charge in [0.05, 0.1) is 12.2 Å². The second-order valence-electron chi connectivity index (χ2n) is 6.65. The average Bonchev–Trinajstić information content (AvgIpc) is 2.97. The maximum Gasteiger partial charge on any atom is 0.195 e. The van der Waals surface area contributed by atoms with Crippen LogP contribution in [-0.2, 0) is 6.54 Å². The Balaban J connectivity index is 1.53. The molecule has 2 saturated heterocycles. The monoisotopic (exact) mass is 290 g/mol. The molecule has 3 heterocycles. The summed E-state index contributed by atoms with van der Waals surface area (Å²) in [6.45, 7) is 12.4. The number of furan rings is 1. The molecule has 0 N–H and O–H groups in total. The molecule has 117 valence electrons. The van der Waals surface area contributed by atoms with Crippen molar-refractivity contribution >= 4 is 5.69 Å². The molecule has 0 aliphatic carbocycles. The van der Waals surface area contributed by atoms with Crippen molar-refractivity contribution in [2.45, 2.75) is 45.7 Å². The third kappa shape index (κ3) is 3.80. The highest BCUT2D eigenvalue weighted by Crippen LogP contribution is 2.22. The zero-order valence-corrected chi connectivity index (χ0v) is 13.5. The molecule has 1 aromatic heterocycles. The van der Waals surface area contributed by atoms with E-state index >= 15 is 0 Å². The van der Waals surface area contributed by atoms with Gasteiger partial charge in [0.2, 0.25) is 0 Å². The van der Waals surface area contributed by atoms with E-state index in [2.05, 4.69) is 40.9 Å². The van der Waals surface area contributed by atoms with Crippen molar-refractivity contribution in [3.8, 4) is 0 Å². The normalized spacial score (nSPS) is 22.1. The van der Waals surface area contributed by atoms with Gasteiger partial charge in [0.1, 0.15) is 5.76 Å². The predicted octanol–water partition coefficient (Wildman–Crippen LogP) is 2.60. The van der Waals surface area contributed by atoms with E-state index in [0.29, 0.717) is 6.04 Å². The third-order valence-electron chi connectivity index (χ3n) is 4.80. The standard InChI is InChI=1S/C17H28N3O/c1-15(2)19-8-10-20(11-9-19)16-12-17(21-14-16)13-18-6-4-3-5-7-18/h12,15H,3-11,13H2,1-2H3. The highest BCUT2D eigenvalue weighted by molar-refractivity contribution is 5.44. The first kappa shape index (κ1) is 14.9. The van der Waals surface area contributed by atoms with E-state index in [0.717, 1.165) is 44.2 Å². The lowest BCUT2D eigenvalue weighted by atomic mass is 10.1. The van der Waals surface area contributed by atoms with Crippen LogP contribution in [-0.4, -0.2) is 55.1 Å². The van der Waals surface area contributed by atoms with Gasteiger partial charge in [-0.25, -0.2) is 0 Å². The summed E-state index contributed by atoms with van der Waals surface area (Å²) in [4.78, 5) is 7.43. The van der Waals surface area contributed by atoms with Crippen molar-refractivity contribution in [2.75, 3.05) is 44.2 Å². The average molecular weight is 290 g/mol. The summed E-state index contributed by atoms with van der Waals surface area (Å²) in [6, 6.07) is 2.84. The summed E-state index contributed by atoms with van der Waals surface area (Å²) in [6.07, 6.45) is 7.15. The van der Waals surface area contributed by atoms with E-state index in [9.17, 15) is 0 Å². The lowest BCUT2D eigenvalue weighted by Crippen LogP contribution is -2.48. The van der Waals surface area contributed by atoms with Gasteiger partial charge in [-0.3, -0.25) is 9.80 Å². The first-order chi connectivity index (χ1) is 10.2. The topological polar surface area (TPSA) is 22.9 Å². The van der Waals surface area contributed by atoms with Crippen LogP contribution in [0, 0.1) is 6.26 Å². The van der Waals surface area contributed by atoms with Crippen LogP contribution in [0.3, 0.4) is 0 Å². The molecule has 4 heteroatoms. The molecule has 0 aromatic carbocycles. The molecule has 0 spiro atoms. The lowest BCUT2D eigenvalue weighted by Gasteiger charge is -2.37. The van der Waals surface area contributed by atoms with Crippen LogP contribution < -0.4 is 4.90 Å². The largest absolute Gasteiger partial charge is 0.454 e. The van der Waals surface area contributed by atoms with Crippen molar-refractivity contribution in [1.82, 2.24) is 9.80 Å². The summed E-state index contributed by atoms with van der Waals surface area (Å²) in [5.74, 6) is 1.07. The second-order valence-corrected chi connectivity index (χ2v) is 6.65. The fraction of sp³-hybridized carbons (Fsp3) is 0.765. The Labute approximate surface area is 128 Å². The SMILES string of the molecule is CC(C)N1CCN(c2[c]oc(CN3CCCCC3)c2)CC1. The lowest BCUT2D eigenvalue weighted by molar-refractivity contribution is 0.205. The molecular formula is C17H28N3O. The Hall–Kier alpha value is -1.00. The second kappa shape index (κ2) is 6.84. The number of piperidine rings is 1. The van der Waals surface area contributed by atoms with Gasteiger partial charge in [-0.05, 0) is 39.8 Å². The van der Waals surface area contributed by atoms with Crippen molar-refractivity contribution in [1.29, 1.82) is 0 Å². The number of rotatable bonds is 4. The number of anilines is 1. The van der Waals surface area contributed by atoms with Crippen LogP contribution in [0.2, 0.25) is 0 Å². The molecular weight excluding hydrogens is 262 g/mol. The molecule has 2 fully saturated rings. The Bertz CT molecular complexity index is 429. The Kier molecular flexibility index (Phi) is 4.86. The fourth-order valence-corrected chi connectivity index (χ4v) is 3.38. The fourth-order valence-electron chi connectivity index (χ4n) is 3.38. The van der Waals surface area contributed by atoms with Crippen LogP contribution in [0.4, 0.5) is 5.69 Å². The van der Waals surface area contributed by atoms with Crippen LogP contribution in [0.5, 0.6) is 0 Å². The maximum absolute atomic E-state index is 5.67. The van der Waals surface area contributed by atoms with Crippen LogP contribution >= 0.6 is 0 Å². The minimum Gasteiger partial charge on any atom is -0.454 e. The Morgan fingerprint density at radius 2 is 1.76 bits per heavy atom. The number of piperazine rings is 1. The number of hydrogen-bond acceptors (Lipinski definition) is 4. The van der Waals surface area contributed by atoms with Gasteiger partial charge < -0.3 is 9.32 Å². The van der Waals surface area contributed by atoms with Gasteiger partial charge in [-0.2, -0.15) is 0 Å². The summed E-state index contributed by atoms with van der Waals surface area (Å²) in [7, 11) is 0. The zero-order chi connectivity index (χ0) is 14.7. The molecule has 2 aliphatic heterocycles. The summed E-state index contributed by atoms with van der Waals surface area (Å²) < 4.78 is 5.67.